The van der Waals surface area contributed by atoms with E-state index in [0.29, 0.717) is 10.9 Å². The summed E-state index contributed by atoms with van der Waals surface area (Å²) < 4.78 is 0. The maximum atomic E-state index is 11.5. The third-order valence-electron chi connectivity index (χ3n) is 2.37. The summed E-state index contributed by atoms with van der Waals surface area (Å²) in [4.78, 5) is 3.43. The lowest BCUT2D eigenvalue weighted by Gasteiger charge is -2.34. The third-order valence-corrected chi connectivity index (χ3v) is 3.45. The first-order chi connectivity index (χ1) is 7.74. The van der Waals surface area contributed by atoms with Gasteiger partial charge in [-0.3, -0.25) is 0 Å². The van der Waals surface area contributed by atoms with Crippen LogP contribution in [-0.4, -0.2) is 28.3 Å². The lowest BCUT2D eigenvalue weighted by atomic mass is 10.0. The number of hydrogen-bond acceptors (Lipinski definition) is 6. The van der Waals surface area contributed by atoms with Gasteiger partial charge in [-0.15, -0.1) is 11.8 Å². The van der Waals surface area contributed by atoms with Crippen LogP contribution >= 0.6 is 11.8 Å². The van der Waals surface area contributed by atoms with Gasteiger partial charge in [-0.25, -0.2) is 0 Å². The number of benzene rings is 1. The first kappa shape index (κ1) is 11.1. The van der Waals surface area contributed by atoms with Crippen molar-refractivity contribution >= 4 is 23.7 Å². The summed E-state index contributed by atoms with van der Waals surface area (Å²) >= 11 is 1.21. The fourth-order valence-electron chi connectivity index (χ4n) is 1.50. The molecule has 1 heterocycles. The van der Waals surface area contributed by atoms with Crippen molar-refractivity contribution in [2.45, 2.75) is 4.87 Å². The highest BCUT2D eigenvalue weighted by atomic mass is 32.2. The molecule has 0 saturated heterocycles. The third kappa shape index (κ3) is 1.51. The lowest BCUT2D eigenvalue weighted by molar-refractivity contribution is -0.105. The van der Waals surface area contributed by atoms with E-state index in [2.05, 4.69) is 10.1 Å². The van der Waals surface area contributed by atoms with Crippen molar-refractivity contribution in [2.75, 3.05) is 6.26 Å². The number of hydrogen-bond donors (Lipinski definition) is 1. The molecule has 1 aromatic carbocycles. The van der Waals surface area contributed by atoms with Gasteiger partial charge < -0.3 is 15.6 Å². The Morgan fingerprint density at radius 3 is 2.75 bits per heavy atom. The van der Waals surface area contributed by atoms with Gasteiger partial charge in [0.05, 0.1) is 0 Å². The molecule has 1 unspecified atom stereocenters. The number of nitrogens with zero attached hydrogens (tertiary/aromatic N) is 2. The minimum absolute atomic E-state index is 0.340. The van der Waals surface area contributed by atoms with Gasteiger partial charge in [0, 0.05) is 11.8 Å². The second kappa shape index (κ2) is 4.25. The molecule has 2 rings (SSSR count). The van der Waals surface area contributed by atoms with Crippen LogP contribution in [0, 0.1) is 10.6 Å². The average Bonchev–Trinajstić information content (AvgIpc) is 2.68. The molecule has 0 aliphatic carbocycles. The quantitative estimate of drug-likeness (QED) is 0.813. The Kier molecular flexibility index (Phi) is 2.95. The minimum Gasteiger partial charge on any atom is -0.749 e. The Morgan fingerprint density at radius 1 is 1.50 bits per heavy atom. The van der Waals surface area contributed by atoms with E-state index in [4.69, 9.17) is 5.41 Å². The number of hydroxylamine groups is 2. The summed E-state index contributed by atoms with van der Waals surface area (Å²) in [5.74, 6) is 0. The molecule has 1 aliphatic rings. The Balaban J connectivity index is 2.46. The molecule has 0 bridgehead atoms. The summed E-state index contributed by atoms with van der Waals surface area (Å²) in [5.41, 5.74) is 1.23. The van der Waals surface area contributed by atoms with E-state index in [1.165, 1.54) is 11.8 Å². The van der Waals surface area contributed by atoms with Gasteiger partial charge in [0.25, 0.3) is 0 Å². The molecule has 1 atom stereocenters. The molecule has 6 heteroatoms. The zero-order valence-corrected chi connectivity index (χ0v) is 9.40. The summed E-state index contributed by atoms with van der Waals surface area (Å²) in [6.45, 7) is 0. The van der Waals surface area contributed by atoms with Crippen molar-refractivity contribution in [3.05, 3.63) is 41.1 Å². The Bertz CT molecular complexity index is 423. The molecular weight excluding hydrogens is 226 g/mol. The van der Waals surface area contributed by atoms with E-state index in [0.717, 1.165) is 11.8 Å². The summed E-state index contributed by atoms with van der Waals surface area (Å²) in [6.07, 6.45) is 2.78. The smallest absolute Gasteiger partial charge is 0.171 e. The van der Waals surface area contributed by atoms with Crippen LogP contribution in [0.4, 0.5) is 0 Å². The highest BCUT2D eigenvalue weighted by Gasteiger charge is 2.42. The van der Waals surface area contributed by atoms with Gasteiger partial charge in [0.1, 0.15) is 5.71 Å². The van der Waals surface area contributed by atoms with E-state index >= 15 is 0 Å². The van der Waals surface area contributed by atoms with Gasteiger partial charge >= 0.3 is 0 Å². The average molecular weight is 236 g/mol. The molecule has 0 saturated carbocycles. The predicted octanol–water partition coefficient (Wildman–Crippen LogP) is 1.84. The minimum atomic E-state index is -1.18. The molecule has 5 nitrogen and oxygen atoms in total. The number of rotatable bonds is 3. The number of thioether (sulfide) groups is 1. The SMILES string of the molecule is CSC1(C=N)C(c2ccccc2)=NON1[O-]. The normalized spacial score (nSPS) is 25.0. The molecule has 84 valence electrons. The van der Waals surface area contributed by atoms with Gasteiger partial charge in [0.2, 0.25) is 0 Å². The molecule has 0 radical (unpaired) electrons. The molecule has 0 aromatic heterocycles. The van der Waals surface area contributed by atoms with Crippen LogP contribution in [0.25, 0.3) is 0 Å². The van der Waals surface area contributed by atoms with Crippen LogP contribution < -0.4 is 0 Å². The topological polar surface area (TPSA) is 71.7 Å². The highest BCUT2D eigenvalue weighted by Crippen LogP contribution is 2.34. The molecule has 1 aliphatic heterocycles. The Morgan fingerprint density at radius 2 is 2.19 bits per heavy atom. The second-order valence-electron chi connectivity index (χ2n) is 3.19. The van der Waals surface area contributed by atoms with Crippen molar-refractivity contribution < 1.29 is 4.94 Å². The van der Waals surface area contributed by atoms with Crippen molar-refractivity contribution in [1.82, 2.24) is 5.23 Å². The summed E-state index contributed by atoms with van der Waals surface area (Å²) in [6, 6.07) is 9.23. The molecule has 1 aromatic rings. The highest BCUT2D eigenvalue weighted by molar-refractivity contribution is 8.01. The standard InChI is InChI=1S/C10H10N3O2S/c1-16-10(7-11)9(12-15-13(10)14)8-5-3-2-4-6-8/h2-7,11H,1H3/q-1. The lowest BCUT2D eigenvalue weighted by Crippen LogP contribution is -2.45. The van der Waals surface area contributed by atoms with E-state index in [9.17, 15) is 5.21 Å². The molecule has 1 N–H and O–H groups in total. The monoisotopic (exact) mass is 236 g/mol. The van der Waals surface area contributed by atoms with E-state index < -0.39 is 4.87 Å². The van der Waals surface area contributed by atoms with Crippen LogP contribution in [0.15, 0.2) is 35.5 Å². The van der Waals surface area contributed by atoms with Gasteiger partial charge in [-0.1, -0.05) is 35.5 Å². The largest absolute Gasteiger partial charge is 0.749 e. The zero-order chi connectivity index (χ0) is 11.6. The fourth-order valence-corrected chi connectivity index (χ4v) is 2.15. The predicted molar refractivity (Wildman–Crippen MR) is 64.3 cm³/mol. The van der Waals surface area contributed by atoms with E-state index in [-0.39, 0.29) is 0 Å². The zero-order valence-electron chi connectivity index (χ0n) is 8.58. The Labute approximate surface area is 97.1 Å². The molecule has 0 fully saturated rings. The molecule has 0 spiro atoms. The first-order valence-corrected chi connectivity index (χ1v) is 5.82. The number of nitrogens with one attached hydrogen (secondary N) is 1. The van der Waals surface area contributed by atoms with Crippen molar-refractivity contribution in [2.24, 2.45) is 5.16 Å². The van der Waals surface area contributed by atoms with Crippen molar-refractivity contribution in [3.63, 3.8) is 0 Å². The van der Waals surface area contributed by atoms with Gasteiger partial charge in [-0.2, -0.15) is 5.23 Å². The van der Waals surface area contributed by atoms with Crippen LogP contribution in [0.5, 0.6) is 0 Å². The van der Waals surface area contributed by atoms with Crippen LogP contribution in [0.2, 0.25) is 0 Å². The fraction of sp³-hybridized carbons (Fsp3) is 0.200. The molecular formula is C10H10N3O2S-. The maximum absolute atomic E-state index is 11.5. The second-order valence-corrected chi connectivity index (χ2v) is 4.22. The van der Waals surface area contributed by atoms with Crippen molar-refractivity contribution in [3.8, 4) is 0 Å². The molecule has 0 amide bonds. The van der Waals surface area contributed by atoms with Gasteiger partial charge in [-0.05, 0) is 6.26 Å². The number of oxime groups is 1. The van der Waals surface area contributed by atoms with Gasteiger partial charge in [0.15, 0.2) is 4.87 Å². The van der Waals surface area contributed by atoms with E-state index in [1.54, 1.807) is 6.26 Å². The summed E-state index contributed by atoms with van der Waals surface area (Å²) in [7, 11) is 0. The molecule has 16 heavy (non-hydrogen) atoms. The van der Waals surface area contributed by atoms with Crippen LogP contribution in [0.3, 0.4) is 0 Å². The summed E-state index contributed by atoms with van der Waals surface area (Å²) in [5, 5.41) is 23.0. The first-order valence-electron chi connectivity index (χ1n) is 4.60. The maximum Gasteiger partial charge on any atom is 0.171 e. The van der Waals surface area contributed by atoms with E-state index in [1.807, 2.05) is 30.3 Å². The van der Waals surface area contributed by atoms with Crippen molar-refractivity contribution in [1.29, 1.82) is 5.41 Å². The van der Waals surface area contributed by atoms with Crippen LogP contribution in [0.1, 0.15) is 5.56 Å². The van der Waals surface area contributed by atoms with Crippen LogP contribution in [-0.2, 0) is 4.94 Å². The Hall–Kier alpha value is -1.37.